The highest BCUT2D eigenvalue weighted by Gasteiger charge is 2.31. The zero-order valence-electron chi connectivity index (χ0n) is 19.9. The molecule has 194 valence electrons. The molecule has 4 rings (SSSR count). The van der Waals surface area contributed by atoms with Gasteiger partial charge in [-0.1, -0.05) is 0 Å². The van der Waals surface area contributed by atoms with Crippen LogP contribution in [0, 0.1) is 0 Å². The molecule has 0 aliphatic carbocycles. The van der Waals surface area contributed by atoms with E-state index in [-0.39, 0.29) is 17.3 Å². The van der Waals surface area contributed by atoms with E-state index in [0.717, 1.165) is 12.1 Å². The number of ether oxygens (including phenoxy) is 1. The van der Waals surface area contributed by atoms with Crippen molar-refractivity contribution in [3.63, 3.8) is 0 Å². The number of alkyl halides is 3. The molecule has 0 aliphatic heterocycles. The summed E-state index contributed by atoms with van der Waals surface area (Å²) in [6, 6.07) is 11.6. The molecule has 0 aliphatic rings. The van der Waals surface area contributed by atoms with E-state index in [4.69, 9.17) is 4.74 Å². The molecule has 14 heteroatoms. The topological polar surface area (TPSA) is 110 Å². The van der Waals surface area contributed by atoms with Crippen molar-refractivity contribution in [1.29, 1.82) is 0 Å². The lowest BCUT2D eigenvalue weighted by molar-refractivity contribution is -0.137. The van der Waals surface area contributed by atoms with Crippen LogP contribution >= 0.6 is 15.9 Å². The van der Waals surface area contributed by atoms with Crippen molar-refractivity contribution >= 4 is 52.8 Å². The second kappa shape index (κ2) is 11.0. The van der Waals surface area contributed by atoms with Crippen LogP contribution in [0.5, 0.6) is 11.5 Å². The number of nitrogens with zero attached hydrogens (tertiary/aromatic N) is 3. The predicted octanol–water partition coefficient (Wildman–Crippen LogP) is 4.10. The molecule has 0 saturated carbocycles. The summed E-state index contributed by atoms with van der Waals surface area (Å²) < 4.78 is 47.8. The van der Waals surface area contributed by atoms with Gasteiger partial charge < -0.3 is 25.3 Å². The fraction of sp³-hybridized carbons (Fsp3) is 0.0833. The Hall–Kier alpha value is -4.33. The second-order valence-electron chi connectivity index (χ2n) is 7.87. The standard InChI is InChI=1S/C24H19BBrF3N6O3/c1-30-21(36)18-11-16(8-9-31-18)38-15-5-3-14(4-6-15)32-23(37)33-17-10-13(24(27,28)29)2-7-19(17)35-12-20(26)34-22(35)25/h2-12H,25H2,1H3,(H,30,36)(H2,32,33,37). The molecule has 0 spiro atoms. The zero-order chi connectivity index (χ0) is 27.4. The number of imidazole rings is 1. The van der Waals surface area contributed by atoms with Crippen molar-refractivity contribution < 1.29 is 27.5 Å². The molecule has 3 N–H and O–H groups in total. The molecule has 3 amide bonds. The number of hydrogen-bond donors (Lipinski definition) is 3. The van der Waals surface area contributed by atoms with E-state index in [1.54, 1.807) is 48.9 Å². The minimum Gasteiger partial charge on any atom is -0.457 e. The van der Waals surface area contributed by atoms with Crippen LogP contribution in [-0.2, 0) is 6.18 Å². The summed E-state index contributed by atoms with van der Waals surface area (Å²) in [5.74, 6) is 0.447. The Bertz CT molecular complexity index is 1490. The Morgan fingerprint density at radius 2 is 1.76 bits per heavy atom. The van der Waals surface area contributed by atoms with Crippen LogP contribution in [0.1, 0.15) is 16.1 Å². The van der Waals surface area contributed by atoms with Gasteiger partial charge in [0.1, 0.15) is 21.8 Å². The van der Waals surface area contributed by atoms with Gasteiger partial charge in [0.15, 0.2) is 7.85 Å². The zero-order valence-corrected chi connectivity index (χ0v) is 21.5. The number of carbonyl (C=O) groups excluding carboxylic acids is 2. The van der Waals surface area contributed by atoms with E-state index >= 15 is 0 Å². The summed E-state index contributed by atoms with van der Waals surface area (Å²) in [5.41, 5.74) is 0.395. The third-order valence-electron chi connectivity index (χ3n) is 5.22. The number of urea groups is 1. The Kier molecular flexibility index (Phi) is 7.71. The Morgan fingerprint density at radius 1 is 1.03 bits per heavy atom. The summed E-state index contributed by atoms with van der Waals surface area (Å²) in [7, 11) is 3.17. The molecule has 0 bridgehead atoms. The van der Waals surface area contributed by atoms with Crippen LogP contribution in [0.15, 0.2) is 71.6 Å². The lowest BCUT2D eigenvalue weighted by Crippen LogP contribution is -2.23. The molecule has 9 nitrogen and oxygen atoms in total. The molecule has 4 aromatic rings. The van der Waals surface area contributed by atoms with E-state index < -0.39 is 17.8 Å². The first-order valence-electron chi connectivity index (χ1n) is 11.0. The Balaban J connectivity index is 1.49. The summed E-state index contributed by atoms with van der Waals surface area (Å²) in [5, 5.41) is 7.56. The highest BCUT2D eigenvalue weighted by molar-refractivity contribution is 9.10. The minimum absolute atomic E-state index is 0.0603. The molecule has 2 heterocycles. The summed E-state index contributed by atoms with van der Waals surface area (Å²) in [6.45, 7) is 0. The molecule has 0 unspecified atom stereocenters. The van der Waals surface area contributed by atoms with Gasteiger partial charge in [-0.25, -0.2) is 9.78 Å². The van der Waals surface area contributed by atoms with Crippen LogP contribution in [0.3, 0.4) is 0 Å². The van der Waals surface area contributed by atoms with Gasteiger partial charge in [0.2, 0.25) is 0 Å². The molecular formula is C24H19BBrF3N6O3. The fourth-order valence-corrected chi connectivity index (χ4v) is 3.92. The largest absolute Gasteiger partial charge is 0.457 e. The Morgan fingerprint density at radius 3 is 2.39 bits per heavy atom. The molecule has 0 radical (unpaired) electrons. The molecule has 2 aromatic heterocycles. The first-order chi connectivity index (χ1) is 18.0. The van der Waals surface area contributed by atoms with Gasteiger partial charge in [-0.3, -0.25) is 9.78 Å². The van der Waals surface area contributed by atoms with Crippen molar-refractivity contribution in [2.75, 3.05) is 17.7 Å². The highest BCUT2D eigenvalue weighted by atomic mass is 79.9. The summed E-state index contributed by atoms with van der Waals surface area (Å²) in [6.07, 6.45) is -1.58. The van der Waals surface area contributed by atoms with E-state index in [2.05, 4.69) is 41.8 Å². The first-order valence-corrected chi connectivity index (χ1v) is 11.8. The average Bonchev–Trinajstić information content (AvgIpc) is 3.21. The maximum atomic E-state index is 13.4. The number of aromatic nitrogens is 3. The molecule has 38 heavy (non-hydrogen) atoms. The fourth-order valence-electron chi connectivity index (χ4n) is 3.46. The number of pyridine rings is 1. The van der Waals surface area contributed by atoms with Crippen molar-refractivity contribution in [3.05, 3.63) is 82.9 Å². The van der Waals surface area contributed by atoms with Crippen LogP contribution in [-0.4, -0.2) is 41.4 Å². The maximum Gasteiger partial charge on any atom is 0.416 e. The van der Waals surface area contributed by atoms with Crippen LogP contribution in [0.25, 0.3) is 5.69 Å². The monoisotopic (exact) mass is 586 g/mol. The van der Waals surface area contributed by atoms with Crippen molar-refractivity contribution in [2.24, 2.45) is 0 Å². The van der Waals surface area contributed by atoms with E-state index in [1.807, 2.05) is 0 Å². The summed E-state index contributed by atoms with van der Waals surface area (Å²) in [4.78, 5) is 32.6. The van der Waals surface area contributed by atoms with E-state index in [9.17, 15) is 22.8 Å². The lowest BCUT2D eigenvalue weighted by atomic mass is 10.1. The molecule has 0 atom stereocenters. The number of hydrogen-bond acceptors (Lipinski definition) is 5. The molecule has 0 saturated heterocycles. The molecular weight excluding hydrogens is 568 g/mol. The predicted molar refractivity (Wildman–Crippen MR) is 141 cm³/mol. The SMILES string of the molecule is Bc1nc(Br)cn1-c1ccc(C(F)(F)F)cc1NC(=O)Nc1ccc(Oc2ccnc(C(=O)NC)c2)cc1. The number of rotatable bonds is 6. The number of nitrogens with one attached hydrogen (secondary N) is 3. The normalized spacial score (nSPS) is 11.1. The number of halogens is 4. The molecule has 2 aromatic carbocycles. The van der Waals surface area contributed by atoms with E-state index in [0.29, 0.717) is 33.2 Å². The summed E-state index contributed by atoms with van der Waals surface area (Å²) >= 11 is 3.24. The lowest BCUT2D eigenvalue weighted by Gasteiger charge is -2.16. The highest BCUT2D eigenvalue weighted by Crippen LogP contribution is 2.33. The average molecular weight is 587 g/mol. The first kappa shape index (κ1) is 26.7. The second-order valence-corrected chi connectivity index (χ2v) is 8.68. The van der Waals surface area contributed by atoms with Gasteiger partial charge in [-0.05, 0) is 64.5 Å². The Labute approximate surface area is 224 Å². The van der Waals surface area contributed by atoms with Gasteiger partial charge in [0.05, 0.1) is 22.7 Å². The van der Waals surface area contributed by atoms with Gasteiger partial charge in [-0.15, -0.1) is 0 Å². The van der Waals surface area contributed by atoms with Gasteiger partial charge in [0, 0.05) is 31.2 Å². The van der Waals surface area contributed by atoms with Crippen molar-refractivity contribution in [2.45, 2.75) is 6.18 Å². The molecule has 0 fully saturated rings. The van der Waals surface area contributed by atoms with Crippen LogP contribution in [0.2, 0.25) is 0 Å². The van der Waals surface area contributed by atoms with E-state index in [1.165, 1.54) is 25.4 Å². The third kappa shape index (κ3) is 6.32. The number of benzene rings is 2. The quantitative estimate of drug-likeness (QED) is 0.295. The number of anilines is 2. The van der Waals surface area contributed by atoms with Crippen LogP contribution in [0.4, 0.5) is 29.3 Å². The van der Waals surface area contributed by atoms with Crippen molar-refractivity contribution in [1.82, 2.24) is 19.9 Å². The maximum absolute atomic E-state index is 13.4. The van der Waals surface area contributed by atoms with Crippen molar-refractivity contribution in [3.8, 4) is 17.2 Å². The third-order valence-corrected chi connectivity index (χ3v) is 5.61. The van der Waals surface area contributed by atoms with Gasteiger partial charge >= 0.3 is 12.2 Å². The van der Waals surface area contributed by atoms with Gasteiger partial charge in [-0.2, -0.15) is 13.2 Å². The minimum atomic E-state index is -4.60. The smallest absolute Gasteiger partial charge is 0.416 e. The van der Waals surface area contributed by atoms with Crippen LogP contribution < -0.4 is 26.4 Å². The van der Waals surface area contributed by atoms with Gasteiger partial charge in [0.25, 0.3) is 5.91 Å². The number of carbonyl (C=O) groups is 2. The number of amides is 3.